The highest BCUT2D eigenvalue weighted by Crippen LogP contribution is 2.09. The summed E-state index contributed by atoms with van der Waals surface area (Å²) in [6.45, 7) is 1.36. The number of benzene rings is 2. The van der Waals surface area contributed by atoms with Crippen LogP contribution in [-0.4, -0.2) is 46.2 Å². The molecule has 0 fully saturated rings. The van der Waals surface area contributed by atoms with Gasteiger partial charge in [0.05, 0.1) is 6.04 Å². The molecule has 0 aliphatic rings. The molecule has 0 spiro atoms. The van der Waals surface area contributed by atoms with Crippen molar-refractivity contribution in [1.29, 1.82) is 0 Å². The second-order valence-corrected chi connectivity index (χ2v) is 6.89. The maximum Gasteiger partial charge on any atom is 0.325 e. The van der Waals surface area contributed by atoms with Crippen molar-refractivity contribution in [2.75, 3.05) is 0 Å². The van der Waals surface area contributed by atoms with Crippen molar-refractivity contribution in [1.82, 2.24) is 10.6 Å². The molecule has 2 aromatic carbocycles. The first-order valence-electron chi connectivity index (χ1n) is 9.46. The number of carboxylic acids is 2. The summed E-state index contributed by atoms with van der Waals surface area (Å²) in [4.78, 5) is 35.5. The molecule has 0 bridgehead atoms. The molecule has 154 valence electrons. The van der Waals surface area contributed by atoms with Crippen LogP contribution in [0, 0.1) is 0 Å². The quantitative estimate of drug-likeness (QED) is 0.459. The Balaban J connectivity index is 2.12. The van der Waals surface area contributed by atoms with Crippen molar-refractivity contribution in [3.05, 3.63) is 71.8 Å². The van der Waals surface area contributed by atoms with Crippen LogP contribution in [0.4, 0.5) is 0 Å². The zero-order valence-electron chi connectivity index (χ0n) is 16.2. The van der Waals surface area contributed by atoms with Crippen LogP contribution in [0.1, 0.15) is 24.5 Å². The molecule has 0 aliphatic carbocycles. The molecule has 4 N–H and O–H groups in total. The second kappa shape index (κ2) is 11.0. The number of carboxylic acid groups (broad SMARTS) is 2. The highest BCUT2D eigenvalue weighted by atomic mass is 16.4. The molecule has 0 heterocycles. The number of amides is 1. The Bertz CT molecular complexity index is 810. The van der Waals surface area contributed by atoms with Gasteiger partial charge in [0.2, 0.25) is 5.91 Å². The highest BCUT2D eigenvalue weighted by Gasteiger charge is 2.28. The van der Waals surface area contributed by atoms with Crippen molar-refractivity contribution in [3.63, 3.8) is 0 Å². The Morgan fingerprint density at radius 2 is 1.38 bits per heavy atom. The van der Waals surface area contributed by atoms with Gasteiger partial charge in [-0.15, -0.1) is 0 Å². The van der Waals surface area contributed by atoms with Crippen LogP contribution >= 0.6 is 0 Å². The fraction of sp³-hybridized carbons (Fsp3) is 0.318. The number of hydrogen-bond acceptors (Lipinski definition) is 4. The molecule has 1 amide bonds. The van der Waals surface area contributed by atoms with E-state index in [1.807, 2.05) is 60.7 Å². The Labute approximate surface area is 169 Å². The average molecular weight is 398 g/mol. The van der Waals surface area contributed by atoms with E-state index in [1.54, 1.807) is 0 Å². The van der Waals surface area contributed by atoms with E-state index in [9.17, 15) is 19.5 Å². The molecule has 0 saturated heterocycles. The van der Waals surface area contributed by atoms with E-state index in [1.165, 1.54) is 6.92 Å². The van der Waals surface area contributed by atoms with Gasteiger partial charge >= 0.3 is 11.9 Å². The van der Waals surface area contributed by atoms with Gasteiger partial charge in [-0.05, 0) is 37.3 Å². The van der Waals surface area contributed by atoms with Crippen LogP contribution in [0.5, 0.6) is 0 Å². The normalized spacial score (nSPS) is 13.8. The zero-order chi connectivity index (χ0) is 21.2. The van der Waals surface area contributed by atoms with Gasteiger partial charge in [0, 0.05) is 0 Å². The topological polar surface area (TPSA) is 116 Å². The summed E-state index contributed by atoms with van der Waals surface area (Å²) in [5, 5.41) is 24.0. The third kappa shape index (κ3) is 7.38. The Kier molecular flexibility index (Phi) is 8.36. The van der Waals surface area contributed by atoms with Gasteiger partial charge < -0.3 is 15.5 Å². The van der Waals surface area contributed by atoms with E-state index < -0.39 is 36.0 Å². The summed E-state index contributed by atoms with van der Waals surface area (Å²) < 4.78 is 0. The predicted molar refractivity (Wildman–Crippen MR) is 108 cm³/mol. The van der Waals surface area contributed by atoms with Crippen molar-refractivity contribution in [2.24, 2.45) is 0 Å². The summed E-state index contributed by atoms with van der Waals surface area (Å²) in [5.74, 6) is -2.76. The minimum absolute atomic E-state index is 0.244. The first kappa shape index (κ1) is 22.1. The summed E-state index contributed by atoms with van der Waals surface area (Å²) >= 11 is 0. The van der Waals surface area contributed by atoms with Gasteiger partial charge in [-0.3, -0.25) is 19.7 Å². The molecule has 2 rings (SSSR count). The average Bonchev–Trinajstić information content (AvgIpc) is 2.71. The molecule has 3 atom stereocenters. The lowest BCUT2D eigenvalue weighted by molar-refractivity contribution is -0.143. The molecule has 0 aliphatic heterocycles. The molecular weight excluding hydrogens is 372 g/mol. The van der Waals surface area contributed by atoms with Gasteiger partial charge in [0.15, 0.2) is 0 Å². The summed E-state index contributed by atoms with van der Waals surface area (Å²) in [5.41, 5.74) is 1.85. The number of aryl methyl sites for hydroxylation is 1. The standard InChI is InChI=1S/C22H26N2O5/c1-15(21(26)27)23-20(25)19(14-17-10-6-3-7-11-17)24-18(22(28)29)13-12-16-8-4-2-5-9-16/h2-11,15,18-19,24H,12-14H2,1H3,(H,23,25)(H,26,27)(H,28,29)/t15-,18-,19-/m0/s1. The van der Waals surface area contributed by atoms with E-state index in [0.717, 1.165) is 11.1 Å². The van der Waals surface area contributed by atoms with Crippen LogP contribution in [0.2, 0.25) is 0 Å². The van der Waals surface area contributed by atoms with E-state index in [4.69, 9.17) is 5.11 Å². The van der Waals surface area contributed by atoms with Crippen molar-refractivity contribution >= 4 is 17.8 Å². The third-order valence-electron chi connectivity index (χ3n) is 4.59. The first-order chi connectivity index (χ1) is 13.9. The van der Waals surface area contributed by atoms with Gasteiger partial charge in [-0.1, -0.05) is 60.7 Å². The number of carbonyl (C=O) groups is 3. The summed E-state index contributed by atoms with van der Waals surface area (Å²) in [7, 11) is 0. The number of rotatable bonds is 11. The predicted octanol–water partition coefficient (Wildman–Crippen LogP) is 1.86. The molecule has 0 aromatic heterocycles. The second-order valence-electron chi connectivity index (χ2n) is 6.89. The van der Waals surface area contributed by atoms with Crippen molar-refractivity contribution in [2.45, 2.75) is 44.3 Å². The summed E-state index contributed by atoms with van der Waals surface area (Å²) in [6, 6.07) is 15.8. The first-order valence-corrected chi connectivity index (χ1v) is 9.46. The van der Waals surface area contributed by atoms with Gasteiger partial charge in [-0.2, -0.15) is 0 Å². The van der Waals surface area contributed by atoms with Crippen LogP contribution in [-0.2, 0) is 27.2 Å². The molecule has 2 aromatic rings. The number of nitrogens with one attached hydrogen (secondary N) is 2. The zero-order valence-corrected chi connectivity index (χ0v) is 16.2. The molecule has 7 nitrogen and oxygen atoms in total. The monoisotopic (exact) mass is 398 g/mol. The maximum atomic E-state index is 12.7. The fourth-order valence-corrected chi connectivity index (χ4v) is 2.93. The highest BCUT2D eigenvalue weighted by molar-refractivity contribution is 5.87. The minimum atomic E-state index is -1.16. The third-order valence-corrected chi connectivity index (χ3v) is 4.59. The Morgan fingerprint density at radius 1 is 0.828 bits per heavy atom. The molecule has 0 saturated carbocycles. The fourth-order valence-electron chi connectivity index (χ4n) is 2.93. The number of aliphatic carboxylic acids is 2. The molecular formula is C22H26N2O5. The van der Waals surface area contributed by atoms with E-state index in [2.05, 4.69) is 10.6 Å². The SMILES string of the molecule is C[C@H](NC(=O)[C@H](Cc1ccccc1)N[C@@H](CCc1ccccc1)C(=O)O)C(=O)O. The largest absolute Gasteiger partial charge is 0.480 e. The smallest absolute Gasteiger partial charge is 0.325 e. The van der Waals surface area contributed by atoms with E-state index in [-0.39, 0.29) is 6.42 Å². The Morgan fingerprint density at radius 3 is 1.90 bits per heavy atom. The van der Waals surface area contributed by atoms with Crippen LogP contribution in [0.25, 0.3) is 0 Å². The molecule has 0 radical (unpaired) electrons. The van der Waals surface area contributed by atoms with Crippen LogP contribution in [0.15, 0.2) is 60.7 Å². The molecule has 29 heavy (non-hydrogen) atoms. The van der Waals surface area contributed by atoms with Gasteiger partial charge in [-0.25, -0.2) is 0 Å². The maximum absolute atomic E-state index is 12.7. The minimum Gasteiger partial charge on any atom is -0.480 e. The lowest BCUT2D eigenvalue weighted by Gasteiger charge is -2.24. The van der Waals surface area contributed by atoms with Crippen molar-refractivity contribution < 1.29 is 24.6 Å². The molecule has 0 unspecified atom stereocenters. The molecule has 7 heteroatoms. The Hall–Kier alpha value is -3.19. The lowest BCUT2D eigenvalue weighted by atomic mass is 10.0. The lowest BCUT2D eigenvalue weighted by Crippen LogP contribution is -2.54. The van der Waals surface area contributed by atoms with E-state index >= 15 is 0 Å². The van der Waals surface area contributed by atoms with Gasteiger partial charge in [0.25, 0.3) is 0 Å². The van der Waals surface area contributed by atoms with Crippen molar-refractivity contribution in [3.8, 4) is 0 Å². The van der Waals surface area contributed by atoms with Gasteiger partial charge in [0.1, 0.15) is 12.1 Å². The number of carbonyl (C=O) groups excluding carboxylic acids is 1. The number of hydrogen-bond donors (Lipinski definition) is 4. The van der Waals surface area contributed by atoms with Crippen LogP contribution in [0.3, 0.4) is 0 Å². The van der Waals surface area contributed by atoms with E-state index in [0.29, 0.717) is 12.8 Å². The summed E-state index contributed by atoms with van der Waals surface area (Å²) in [6.07, 6.45) is 1.08. The van der Waals surface area contributed by atoms with Crippen LogP contribution < -0.4 is 10.6 Å².